The van der Waals surface area contributed by atoms with Crippen molar-refractivity contribution in [1.29, 1.82) is 5.26 Å². The zero-order valence-corrected chi connectivity index (χ0v) is 24.6. The molecule has 6 atom stereocenters. The number of rotatable bonds is 8. The summed E-state index contributed by atoms with van der Waals surface area (Å²) in [5.41, 5.74) is 6.10. The third-order valence-corrected chi connectivity index (χ3v) is 11.4. The van der Waals surface area contributed by atoms with Crippen molar-refractivity contribution < 1.29 is 9.59 Å². The smallest absolute Gasteiger partial charge is 0.178 e. The highest BCUT2D eigenvalue weighted by Crippen LogP contribution is 2.70. The summed E-state index contributed by atoms with van der Waals surface area (Å²) in [6, 6.07) is 2.20. The Hall–Kier alpha value is -1.47. The number of carbonyl (C=O) groups is 2. The van der Waals surface area contributed by atoms with Crippen LogP contribution in [0, 0.1) is 50.2 Å². The van der Waals surface area contributed by atoms with Crippen LogP contribution in [0.5, 0.6) is 0 Å². The van der Waals surface area contributed by atoms with Gasteiger partial charge in [-0.25, -0.2) is 0 Å². The predicted molar refractivity (Wildman–Crippen MR) is 147 cm³/mol. The highest BCUT2D eigenvalue weighted by Gasteiger charge is 2.66. The number of allylic oxidation sites excluding steroid dienone is 2. The van der Waals surface area contributed by atoms with Crippen molar-refractivity contribution in [2.45, 2.75) is 132 Å². The Kier molecular flexibility index (Phi) is 7.57. The zero-order valence-electron chi connectivity index (χ0n) is 24.6. The van der Waals surface area contributed by atoms with E-state index in [1.807, 2.05) is 19.9 Å². The molecule has 2 N–H and O–H groups in total. The number of hydrogen-bond acceptors (Lipinski definition) is 4. The largest absolute Gasteiger partial charge is 0.325 e. The molecule has 0 radical (unpaired) electrons. The van der Waals surface area contributed by atoms with Gasteiger partial charge in [0.2, 0.25) is 0 Å². The van der Waals surface area contributed by atoms with Crippen LogP contribution in [-0.2, 0) is 9.59 Å². The van der Waals surface area contributed by atoms with Gasteiger partial charge >= 0.3 is 0 Å². The van der Waals surface area contributed by atoms with E-state index in [0.717, 1.165) is 38.5 Å². The van der Waals surface area contributed by atoms with Crippen LogP contribution in [-0.4, -0.2) is 17.1 Å². The minimum Gasteiger partial charge on any atom is -0.325 e. The third kappa shape index (κ3) is 4.87. The van der Waals surface area contributed by atoms with Crippen molar-refractivity contribution in [3.05, 3.63) is 11.6 Å². The molecule has 0 amide bonds. The number of nitrogens with zero attached hydrogens (tertiary/aromatic N) is 1. The molecular formula is C32H52N2O2. The normalized spacial score (nSPS) is 37.9. The number of nitrogens with two attached hydrogens (primary N) is 1. The Labute approximate surface area is 220 Å². The molecule has 0 aromatic rings. The summed E-state index contributed by atoms with van der Waals surface area (Å²) in [6.45, 7) is 20.1. The van der Waals surface area contributed by atoms with Gasteiger partial charge in [0.05, 0.1) is 5.57 Å². The fourth-order valence-electron chi connectivity index (χ4n) is 8.75. The van der Waals surface area contributed by atoms with Gasteiger partial charge in [0.15, 0.2) is 5.78 Å². The number of Topliss-reactive ketones (excluding diaryl/α,β-unsaturated/α-hetero) is 2. The van der Waals surface area contributed by atoms with Gasteiger partial charge in [-0.2, -0.15) is 5.26 Å². The average molecular weight is 497 g/mol. The van der Waals surface area contributed by atoms with Crippen LogP contribution in [0.1, 0.15) is 127 Å². The molecule has 0 heterocycles. The van der Waals surface area contributed by atoms with E-state index in [9.17, 15) is 14.9 Å². The summed E-state index contributed by atoms with van der Waals surface area (Å²) in [4.78, 5) is 26.5. The van der Waals surface area contributed by atoms with Gasteiger partial charge in [0, 0.05) is 23.8 Å². The molecule has 2 saturated carbocycles. The number of hydrogen-bond donors (Lipinski definition) is 1. The van der Waals surface area contributed by atoms with Gasteiger partial charge in [-0.3, -0.25) is 9.59 Å². The minimum absolute atomic E-state index is 0.0362. The van der Waals surface area contributed by atoms with Crippen LogP contribution in [0.2, 0.25) is 0 Å². The van der Waals surface area contributed by atoms with E-state index >= 15 is 0 Å². The summed E-state index contributed by atoms with van der Waals surface area (Å²) in [6.07, 6.45) is 11.4. The number of carbonyl (C=O) groups excluding carboxylic acids is 2. The molecule has 202 valence electrons. The Bertz CT molecular complexity index is 967. The van der Waals surface area contributed by atoms with Gasteiger partial charge in [-0.1, -0.05) is 67.9 Å². The fourth-order valence-corrected chi connectivity index (χ4v) is 8.75. The SMILES string of the molecule is CCCC(C)(C)CC[C@](C)(N)CC[C@]1(C)CC(=O)C[C@@H]2[C@@]3(C)C=C(C#N)C(=O)C(C)(C)[C@@H]3CC[C@]21C. The molecular weight excluding hydrogens is 444 g/mol. The highest BCUT2D eigenvalue weighted by molar-refractivity contribution is 6.04. The fraction of sp³-hybridized carbons (Fsp3) is 0.844. The summed E-state index contributed by atoms with van der Waals surface area (Å²) in [5.74, 6) is 0.554. The lowest BCUT2D eigenvalue weighted by molar-refractivity contribution is -0.174. The van der Waals surface area contributed by atoms with E-state index in [1.165, 1.54) is 12.8 Å². The first kappa shape index (κ1) is 29.1. The van der Waals surface area contributed by atoms with Crippen LogP contribution in [0.15, 0.2) is 11.6 Å². The standard InChI is InChI=1S/C32H52N2O2/c1-10-12-27(2,3)14-16-30(7,34)17-15-29(6)20-23(35)18-25-31(8)19-22(21-33)26(36)28(4,5)24(31)11-13-32(25,29)9/h19,24-25H,10-18,20,34H2,1-9H3/t24-,25+,29+,30-,31-,32+/m0/s1. The Morgan fingerprint density at radius 2 is 1.67 bits per heavy atom. The molecule has 3 rings (SSSR count). The van der Waals surface area contributed by atoms with Gasteiger partial charge in [0.25, 0.3) is 0 Å². The molecule has 0 aromatic carbocycles. The van der Waals surface area contributed by atoms with Gasteiger partial charge in [-0.05, 0) is 85.4 Å². The average Bonchev–Trinajstić information content (AvgIpc) is 2.76. The lowest BCUT2D eigenvalue weighted by atomic mass is 9.37. The topological polar surface area (TPSA) is 83.9 Å². The highest BCUT2D eigenvalue weighted by atomic mass is 16.1. The van der Waals surface area contributed by atoms with Crippen LogP contribution >= 0.6 is 0 Å². The molecule has 0 bridgehead atoms. The van der Waals surface area contributed by atoms with E-state index in [-0.39, 0.29) is 45.0 Å². The summed E-state index contributed by atoms with van der Waals surface area (Å²) in [7, 11) is 0. The van der Waals surface area contributed by atoms with E-state index in [0.29, 0.717) is 24.0 Å². The quantitative estimate of drug-likeness (QED) is 0.376. The Morgan fingerprint density at radius 3 is 2.25 bits per heavy atom. The maximum Gasteiger partial charge on any atom is 0.178 e. The van der Waals surface area contributed by atoms with E-state index in [2.05, 4.69) is 54.5 Å². The first-order valence-electron chi connectivity index (χ1n) is 14.4. The lowest BCUT2D eigenvalue weighted by Gasteiger charge is -2.66. The van der Waals surface area contributed by atoms with Crippen molar-refractivity contribution >= 4 is 11.6 Å². The van der Waals surface area contributed by atoms with Crippen molar-refractivity contribution in [1.82, 2.24) is 0 Å². The van der Waals surface area contributed by atoms with Crippen molar-refractivity contribution in [2.24, 2.45) is 44.6 Å². The van der Waals surface area contributed by atoms with Crippen LogP contribution in [0.3, 0.4) is 0 Å². The second kappa shape index (κ2) is 9.37. The minimum atomic E-state index is -0.589. The molecule has 0 aromatic heterocycles. The summed E-state index contributed by atoms with van der Waals surface area (Å²) in [5, 5.41) is 9.81. The Balaban J connectivity index is 1.91. The van der Waals surface area contributed by atoms with E-state index in [1.54, 1.807) is 0 Å². The Morgan fingerprint density at radius 1 is 1.03 bits per heavy atom. The van der Waals surface area contributed by atoms with Gasteiger partial charge in [0.1, 0.15) is 11.9 Å². The van der Waals surface area contributed by atoms with Crippen molar-refractivity contribution in [3.8, 4) is 6.07 Å². The lowest BCUT2D eigenvalue weighted by Crippen LogP contribution is -2.62. The van der Waals surface area contributed by atoms with Gasteiger partial charge in [-0.15, -0.1) is 0 Å². The number of fused-ring (bicyclic) bond motifs is 3. The maximum atomic E-state index is 13.3. The molecule has 36 heavy (non-hydrogen) atoms. The third-order valence-electron chi connectivity index (χ3n) is 11.4. The number of nitriles is 1. The van der Waals surface area contributed by atoms with E-state index < -0.39 is 5.41 Å². The molecule has 0 spiro atoms. The predicted octanol–water partition coefficient (Wildman–Crippen LogP) is 7.56. The molecule has 3 aliphatic carbocycles. The first-order valence-corrected chi connectivity index (χ1v) is 14.4. The first-order chi connectivity index (χ1) is 16.4. The summed E-state index contributed by atoms with van der Waals surface area (Å²) < 4.78 is 0. The maximum absolute atomic E-state index is 13.3. The molecule has 0 unspecified atom stereocenters. The molecule has 2 fully saturated rings. The second-order valence-corrected chi connectivity index (χ2v) is 15.2. The van der Waals surface area contributed by atoms with Crippen LogP contribution < -0.4 is 5.73 Å². The zero-order chi connectivity index (χ0) is 27.4. The molecule has 0 saturated heterocycles. The van der Waals surface area contributed by atoms with Crippen molar-refractivity contribution in [3.63, 3.8) is 0 Å². The van der Waals surface area contributed by atoms with E-state index in [4.69, 9.17) is 5.73 Å². The molecule has 3 aliphatic rings. The van der Waals surface area contributed by atoms with Crippen LogP contribution in [0.4, 0.5) is 0 Å². The second-order valence-electron chi connectivity index (χ2n) is 15.2. The van der Waals surface area contributed by atoms with Gasteiger partial charge < -0.3 is 5.73 Å². The monoisotopic (exact) mass is 496 g/mol. The molecule has 0 aliphatic heterocycles. The molecule has 4 heteroatoms. The van der Waals surface area contributed by atoms with Crippen molar-refractivity contribution in [2.75, 3.05) is 0 Å². The molecule has 4 nitrogen and oxygen atoms in total. The van der Waals surface area contributed by atoms with Crippen LogP contribution in [0.25, 0.3) is 0 Å². The number of ketones is 2. The summed E-state index contributed by atoms with van der Waals surface area (Å²) >= 11 is 0.